The maximum Gasteiger partial charge on any atom is 0.123 e. The van der Waals surface area contributed by atoms with Crippen molar-refractivity contribution < 1.29 is 9.22 Å². The molecule has 2 heteroatoms. The van der Waals surface area contributed by atoms with Gasteiger partial charge in [-0.2, -0.15) is 0 Å². The van der Waals surface area contributed by atoms with E-state index in [1.807, 2.05) is 0 Å². The Balaban J connectivity index is 1.37. The van der Waals surface area contributed by atoms with Crippen LogP contribution in [0.15, 0.2) is 72.8 Å². The third kappa shape index (κ3) is 2.78. The van der Waals surface area contributed by atoms with E-state index in [1.54, 1.807) is 0 Å². The van der Waals surface area contributed by atoms with Gasteiger partial charge in [0.25, 0.3) is 0 Å². The highest BCUT2D eigenvalue weighted by atomic mass is 16.5. The molecule has 0 unspecified atom stereocenters. The van der Waals surface area contributed by atoms with Crippen molar-refractivity contribution >= 4 is 10.8 Å². The third-order valence-corrected chi connectivity index (χ3v) is 9.38. The first kappa shape index (κ1) is 19.5. The summed E-state index contributed by atoms with van der Waals surface area (Å²) < 4.78 is 8.05. The summed E-state index contributed by atoms with van der Waals surface area (Å²) in [4.78, 5) is 0. The molecular weight excluding hydrogens is 378 g/mol. The number of nitrogens with zero attached hydrogens (tertiary/aromatic N) is 1. The Morgan fingerprint density at radius 3 is 2.52 bits per heavy atom. The average molecular weight is 413 g/mol. The molecule has 0 spiro atoms. The predicted molar refractivity (Wildman–Crippen MR) is 127 cm³/mol. The molecule has 6 rings (SSSR count). The van der Waals surface area contributed by atoms with Crippen LogP contribution in [0.5, 0.6) is 0 Å². The van der Waals surface area contributed by atoms with E-state index in [4.69, 9.17) is 4.74 Å². The number of hydrogen-bond acceptors (Lipinski definition) is 1. The monoisotopic (exact) mass is 412 g/mol. The lowest BCUT2D eigenvalue weighted by molar-refractivity contribution is -0.966. The molecule has 3 aromatic rings. The molecule has 0 radical (unpaired) electrons. The Kier molecular flexibility index (Phi) is 4.36. The van der Waals surface area contributed by atoms with Crippen molar-refractivity contribution in [3.8, 4) is 0 Å². The van der Waals surface area contributed by atoms with Crippen molar-refractivity contribution in [2.45, 2.75) is 57.4 Å². The molecule has 31 heavy (non-hydrogen) atoms. The lowest BCUT2D eigenvalue weighted by atomic mass is 9.78. The largest absolute Gasteiger partial charge is 0.364 e. The van der Waals surface area contributed by atoms with Gasteiger partial charge in [-0.05, 0) is 43.0 Å². The van der Waals surface area contributed by atoms with Gasteiger partial charge in [0, 0.05) is 23.8 Å². The standard InChI is InChI=1S/C29H34NO/c1-28(31-20-22-9-4-3-5-10-22)21-30(18-17-25-15-16-27(28)29(25,30)2)19-24-13-8-12-23-11-6-7-14-26(23)24/h3-14,25,27H,15-21H2,1-2H3/q+1/t25-,27+,28+,29+,30+/m0/s1. The van der Waals surface area contributed by atoms with Crippen LogP contribution in [0.25, 0.3) is 10.8 Å². The van der Waals surface area contributed by atoms with Crippen LogP contribution in [0.4, 0.5) is 0 Å². The first-order chi connectivity index (χ1) is 15.0. The van der Waals surface area contributed by atoms with E-state index in [9.17, 15) is 0 Å². The summed E-state index contributed by atoms with van der Waals surface area (Å²) in [7, 11) is 0. The summed E-state index contributed by atoms with van der Waals surface area (Å²) in [6, 6.07) is 26.5. The summed E-state index contributed by atoms with van der Waals surface area (Å²) in [6.07, 6.45) is 4.08. The molecule has 2 nitrogen and oxygen atoms in total. The van der Waals surface area contributed by atoms with Crippen LogP contribution in [-0.2, 0) is 17.9 Å². The van der Waals surface area contributed by atoms with Crippen LogP contribution >= 0.6 is 0 Å². The highest BCUT2D eigenvalue weighted by molar-refractivity contribution is 5.85. The van der Waals surface area contributed by atoms with Gasteiger partial charge in [-0.3, -0.25) is 0 Å². The van der Waals surface area contributed by atoms with Crippen LogP contribution in [0.3, 0.4) is 0 Å². The van der Waals surface area contributed by atoms with E-state index < -0.39 is 0 Å². The first-order valence-corrected chi connectivity index (χ1v) is 12.0. The Morgan fingerprint density at radius 2 is 1.65 bits per heavy atom. The second kappa shape index (κ2) is 6.92. The normalized spacial score (nSPS) is 36.2. The van der Waals surface area contributed by atoms with Gasteiger partial charge in [0.1, 0.15) is 24.2 Å². The Bertz CT molecular complexity index is 1100. The average Bonchev–Trinajstić information content (AvgIpc) is 3.35. The molecule has 2 saturated heterocycles. The zero-order chi connectivity index (χ0) is 21.1. The van der Waals surface area contributed by atoms with Crippen molar-refractivity contribution in [2.24, 2.45) is 11.8 Å². The number of hydrogen-bond donors (Lipinski definition) is 0. The minimum Gasteiger partial charge on any atom is -0.364 e. The number of quaternary nitrogens is 1. The zero-order valence-electron chi connectivity index (χ0n) is 18.9. The zero-order valence-corrected chi connectivity index (χ0v) is 18.9. The molecule has 3 aromatic carbocycles. The van der Waals surface area contributed by atoms with E-state index in [0.717, 1.165) is 25.6 Å². The molecule has 160 valence electrons. The molecule has 0 bridgehead atoms. The second-order valence-electron chi connectivity index (χ2n) is 10.8. The summed E-state index contributed by atoms with van der Waals surface area (Å²) in [5.74, 6) is 1.49. The lowest BCUT2D eigenvalue weighted by Gasteiger charge is -2.44. The summed E-state index contributed by atoms with van der Waals surface area (Å²) in [5.41, 5.74) is 3.08. The van der Waals surface area contributed by atoms with E-state index in [0.29, 0.717) is 11.5 Å². The van der Waals surface area contributed by atoms with Crippen molar-refractivity contribution in [3.63, 3.8) is 0 Å². The molecule has 2 heterocycles. The fourth-order valence-corrected chi connectivity index (χ4v) is 7.95. The minimum absolute atomic E-state index is 0.0512. The van der Waals surface area contributed by atoms with Crippen molar-refractivity contribution in [1.82, 2.24) is 0 Å². The van der Waals surface area contributed by atoms with Crippen LogP contribution < -0.4 is 0 Å². The van der Waals surface area contributed by atoms with Gasteiger partial charge in [0.15, 0.2) is 0 Å². The molecule has 3 fully saturated rings. The number of rotatable bonds is 5. The predicted octanol–water partition coefficient (Wildman–Crippen LogP) is 6.33. The van der Waals surface area contributed by atoms with Crippen LogP contribution in [-0.4, -0.2) is 28.7 Å². The van der Waals surface area contributed by atoms with Crippen molar-refractivity contribution in [2.75, 3.05) is 13.1 Å². The highest BCUT2D eigenvalue weighted by Crippen LogP contribution is 2.64. The Hall–Kier alpha value is -2.16. The lowest BCUT2D eigenvalue weighted by Crippen LogP contribution is -2.57. The quantitative estimate of drug-likeness (QED) is 0.445. The van der Waals surface area contributed by atoms with E-state index >= 15 is 0 Å². The summed E-state index contributed by atoms with van der Waals surface area (Å²) in [6.45, 7) is 9.34. The van der Waals surface area contributed by atoms with Gasteiger partial charge in [0.05, 0.1) is 13.2 Å². The van der Waals surface area contributed by atoms with Gasteiger partial charge < -0.3 is 9.22 Å². The minimum atomic E-state index is -0.0512. The molecule has 5 atom stereocenters. The first-order valence-electron chi connectivity index (χ1n) is 12.0. The third-order valence-electron chi connectivity index (χ3n) is 9.38. The van der Waals surface area contributed by atoms with Gasteiger partial charge in [-0.15, -0.1) is 0 Å². The number of fused-ring (bicyclic) bond motifs is 1. The van der Waals surface area contributed by atoms with E-state index in [1.165, 1.54) is 52.2 Å². The maximum absolute atomic E-state index is 6.84. The molecule has 0 aromatic heterocycles. The van der Waals surface area contributed by atoms with E-state index in [-0.39, 0.29) is 5.60 Å². The molecule has 1 saturated carbocycles. The van der Waals surface area contributed by atoms with Crippen molar-refractivity contribution in [3.05, 3.63) is 83.9 Å². The molecule has 3 aliphatic rings. The SMILES string of the molecule is C[C@@]12[C@H]3CC[C@@H]1[C@](C)(OCc1ccccc1)C[N@+]2(Cc1cccc2ccccc12)CC3. The summed E-state index contributed by atoms with van der Waals surface area (Å²) in [5, 5.41) is 2.79. The molecule has 2 aliphatic heterocycles. The topological polar surface area (TPSA) is 9.23 Å². The van der Waals surface area contributed by atoms with Gasteiger partial charge in [-0.25, -0.2) is 0 Å². The Labute approximate surface area is 186 Å². The molecule has 0 amide bonds. The van der Waals surface area contributed by atoms with Crippen molar-refractivity contribution in [1.29, 1.82) is 0 Å². The number of ether oxygens (including phenoxy) is 1. The number of benzene rings is 3. The maximum atomic E-state index is 6.84. The van der Waals surface area contributed by atoms with Crippen LogP contribution in [0.1, 0.15) is 44.2 Å². The van der Waals surface area contributed by atoms with E-state index in [2.05, 4.69) is 86.6 Å². The Morgan fingerprint density at radius 1 is 0.871 bits per heavy atom. The second-order valence-corrected chi connectivity index (χ2v) is 10.8. The summed E-state index contributed by atoms with van der Waals surface area (Å²) >= 11 is 0. The smallest absolute Gasteiger partial charge is 0.123 e. The molecular formula is C29H34NO+. The van der Waals surface area contributed by atoms with Crippen LogP contribution in [0, 0.1) is 11.8 Å². The van der Waals surface area contributed by atoms with Gasteiger partial charge in [-0.1, -0.05) is 72.8 Å². The van der Waals surface area contributed by atoms with Gasteiger partial charge in [0.2, 0.25) is 0 Å². The van der Waals surface area contributed by atoms with Gasteiger partial charge >= 0.3 is 0 Å². The fourth-order valence-electron chi connectivity index (χ4n) is 7.95. The highest BCUT2D eigenvalue weighted by Gasteiger charge is 2.74. The molecule has 1 aliphatic carbocycles. The molecule has 0 N–H and O–H groups in total. The van der Waals surface area contributed by atoms with Crippen LogP contribution in [0.2, 0.25) is 0 Å². The fraction of sp³-hybridized carbons (Fsp3) is 0.448.